The van der Waals surface area contributed by atoms with Crippen molar-refractivity contribution in [2.75, 3.05) is 0 Å². The second-order valence-corrected chi connectivity index (χ2v) is 13.2. The minimum atomic E-state index is -0.0274. The average molecular weight is 779 g/mol. The second-order valence-electron chi connectivity index (χ2n) is 13.2. The molecule has 0 aliphatic carbocycles. The van der Waals surface area contributed by atoms with E-state index in [1.807, 2.05) is 54.9 Å². The average Bonchev–Trinajstić information content (AvgIpc) is 3.43. The van der Waals surface area contributed by atoms with Gasteiger partial charge in [0.2, 0.25) is 0 Å². The van der Waals surface area contributed by atoms with Gasteiger partial charge in [0.25, 0.3) is 0 Å². The van der Waals surface area contributed by atoms with Crippen LogP contribution in [0.4, 0.5) is 0 Å². The third-order valence-electron chi connectivity index (χ3n) is 8.12. The summed E-state index contributed by atoms with van der Waals surface area (Å²) >= 11 is 0. The van der Waals surface area contributed by atoms with Crippen LogP contribution in [0.25, 0.3) is 44.5 Å². The Morgan fingerprint density at radius 1 is 0.587 bits per heavy atom. The van der Waals surface area contributed by atoms with Gasteiger partial charge in [-0.2, -0.15) is 0 Å². The number of hydrogen-bond acceptors (Lipinski definition) is 3. The van der Waals surface area contributed by atoms with E-state index in [4.69, 9.17) is 4.42 Å². The van der Waals surface area contributed by atoms with E-state index in [0.717, 1.165) is 50.9 Å². The topological polar surface area (TPSA) is 38.9 Å². The molecular weight excluding hydrogens is 741 g/mol. The number of benzene rings is 4. The van der Waals surface area contributed by atoms with Crippen molar-refractivity contribution in [1.82, 2.24) is 9.97 Å². The van der Waals surface area contributed by atoms with Crippen LogP contribution >= 0.6 is 0 Å². The third kappa shape index (κ3) is 7.53. The molecule has 46 heavy (non-hydrogen) atoms. The van der Waals surface area contributed by atoms with Gasteiger partial charge in [-0.15, -0.1) is 59.2 Å². The third-order valence-corrected chi connectivity index (χ3v) is 8.12. The van der Waals surface area contributed by atoms with Gasteiger partial charge in [0.15, 0.2) is 0 Å². The first-order valence-electron chi connectivity index (χ1n) is 15.4. The molecule has 0 saturated carbocycles. The molecular formula is C42H38IrN2O-2. The first-order valence-corrected chi connectivity index (χ1v) is 15.4. The Labute approximate surface area is 286 Å². The summed E-state index contributed by atoms with van der Waals surface area (Å²) in [6.07, 6.45) is 4.73. The fourth-order valence-corrected chi connectivity index (χ4v) is 5.68. The molecule has 0 unspecified atom stereocenters. The Morgan fingerprint density at radius 2 is 1.30 bits per heavy atom. The monoisotopic (exact) mass is 779 g/mol. The second kappa shape index (κ2) is 14.0. The van der Waals surface area contributed by atoms with E-state index in [2.05, 4.69) is 130 Å². The van der Waals surface area contributed by atoms with E-state index < -0.39 is 0 Å². The van der Waals surface area contributed by atoms with Gasteiger partial charge in [0.1, 0.15) is 5.58 Å². The largest absolute Gasteiger partial charge is 0.500 e. The van der Waals surface area contributed by atoms with Crippen LogP contribution in [0.3, 0.4) is 0 Å². The van der Waals surface area contributed by atoms with Crippen LogP contribution in [0.2, 0.25) is 0 Å². The Hall–Kier alpha value is -4.37. The van der Waals surface area contributed by atoms with Crippen molar-refractivity contribution in [3.63, 3.8) is 0 Å². The predicted molar refractivity (Wildman–Crippen MR) is 186 cm³/mol. The summed E-state index contributed by atoms with van der Waals surface area (Å²) in [4.78, 5) is 8.92. The molecule has 7 rings (SSSR count). The number of pyridine rings is 2. The van der Waals surface area contributed by atoms with Crippen LogP contribution < -0.4 is 0 Å². The summed E-state index contributed by atoms with van der Waals surface area (Å²) < 4.78 is 5.88. The summed E-state index contributed by atoms with van der Waals surface area (Å²) in [5.41, 5.74) is 9.83. The molecule has 1 radical (unpaired) electrons. The molecule has 0 bridgehead atoms. The summed E-state index contributed by atoms with van der Waals surface area (Å²) in [5, 5.41) is 2.25. The molecule has 0 spiro atoms. The van der Waals surface area contributed by atoms with Gasteiger partial charge < -0.3 is 14.4 Å². The standard InChI is InChI=1S/C22H20NO.C20H18N.Ir/c1-22(2,3)14-15-10-11-23-19(12-15)16-8-9-21-18(13-16)17-6-4-5-7-20(17)24-21;1-20(2,17-8-4-3-5-9-17)18-13-11-16(12-14-18)19-10-6-7-15-21-19;/h4-7,9-13H,14H2,1-3H3;3-11,13-15H,1-2H3;/q2*-1;. The van der Waals surface area contributed by atoms with E-state index >= 15 is 0 Å². The quantitative estimate of drug-likeness (QED) is 0.163. The molecule has 7 aromatic rings. The van der Waals surface area contributed by atoms with Crippen molar-refractivity contribution in [1.29, 1.82) is 0 Å². The molecule has 3 aromatic heterocycles. The van der Waals surface area contributed by atoms with E-state index in [1.165, 1.54) is 16.7 Å². The molecule has 0 amide bonds. The van der Waals surface area contributed by atoms with Crippen molar-refractivity contribution >= 4 is 21.9 Å². The molecule has 4 aromatic carbocycles. The van der Waals surface area contributed by atoms with E-state index in [0.29, 0.717) is 0 Å². The number of aromatic nitrogens is 2. The molecule has 0 atom stereocenters. The van der Waals surface area contributed by atoms with E-state index in [1.54, 1.807) is 0 Å². The first kappa shape index (κ1) is 33.0. The van der Waals surface area contributed by atoms with Crippen molar-refractivity contribution in [3.05, 3.63) is 156 Å². The molecule has 0 aliphatic heterocycles. The van der Waals surface area contributed by atoms with Crippen molar-refractivity contribution in [2.45, 2.75) is 46.5 Å². The van der Waals surface area contributed by atoms with Gasteiger partial charge in [0.05, 0.1) is 5.58 Å². The van der Waals surface area contributed by atoms with Crippen LogP contribution in [0.5, 0.6) is 0 Å². The van der Waals surface area contributed by atoms with Gasteiger partial charge in [0, 0.05) is 37.9 Å². The van der Waals surface area contributed by atoms with Crippen LogP contribution in [-0.4, -0.2) is 9.97 Å². The van der Waals surface area contributed by atoms with Crippen LogP contribution in [-0.2, 0) is 31.9 Å². The molecule has 3 nitrogen and oxygen atoms in total. The van der Waals surface area contributed by atoms with Gasteiger partial charge in [-0.3, -0.25) is 0 Å². The maximum atomic E-state index is 5.88. The van der Waals surface area contributed by atoms with Gasteiger partial charge in [-0.25, -0.2) is 0 Å². The van der Waals surface area contributed by atoms with Crippen LogP contribution in [0.15, 0.2) is 132 Å². The minimum Gasteiger partial charge on any atom is -0.500 e. The Bertz CT molecular complexity index is 2020. The molecule has 0 N–H and O–H groups in total. The van der Waals surface area contributed by atoms with Crippen LogP contribution in [0.1, 0.15) is 51.3 Å². The number of hydrogen-bond donors (Lipinski definition) is 0. The first-order chi connectivity index (χ1) is 21.7. The maximum Gasteiger partial charge on any atom is 0.120 e. The Kier molecular flexibility index (Phi) is 10.0. The van der Waals surface area contributed by atoms with Crippen LogP contribution in [0, 0.1) is 17.5 Å². The Balaban J connectivity index is 0.000000179. The van der Waals surface area contributed by atoms with Gasteiger partial charge >= 0.3 is 0 Å². The predicted octanol–water partition coefficient (Wildman–Crippen LogP) is 10.9. The summed E-state index contributed by atoms with van der Waals surface area (Å²) in [5.74, 6) is 0. The Morgan fingerprint density at radius 3 is 2.02 bits per heavy atom. The minimum absolute atomic E-state index is 0. The summed E-state index contributed by atoms with van der Waals surface area (Å²) in [7, 11) is 0. The van der Waals surface area contributed by atoms with Gasteiger partial charge in [-0.05, 0) is 52.4 Å². The van der Waals surface area contributed by atoms with E-state index in [-0.39, 0.29) is 30.9 Å². The fourth-order valence-electron chi connectivity index (χ4n) is 5.68. The zero-order valence-corrected chi connectivity index (χ0v) is 29.4. The van der Waals surface area contributed by atoms with Crippen molar-refractivity contribution in [3.8, 4) is 22.5 Å². The zero-order valence-electron chi connectivity index (χ0n) is 27.0. The number of para-hydroxylation sites is 1. The molecule has 0 fully saturated rings. The van der Waals surface area contributed by atoms with Gasteiger partial charge in [-0.1, -0.05) is 112 Å². The SMILES string of the molecule is CC(C)(C)Cc1ccnc(-c2[c-]cc3oc4ccccc4c3c2)c1.CC(C)(c1c[c-]c(-c2ccccn2)cc1)c1ccccc1.[Ir]. The molecule has 0 aliphatic rings. The van der Waals surface area contributed by atoms with Crippen molar-refractivity contribution < 1.29 is 24.5 Å². The number of furan rings is 1. The zero-order chi connectivity index (χ0) is 31.4. The van der Waals surface area contributed by atoms with E-state index in [9.17, 15) is 0 Å². The fraction of sp³-hybridized carbons (Fsp3) is 0.190. The summed E-state index contributed by atoms with van der Waals surface area (Å²) in [6.45, 7) is 11.2. The molecule has 233 valence electrons. The number of nitrogens with zero attached hydrogens (tertiary/aromatic N) is 2. The maximum absolute atomic E-state index is 5.88. The molecule has 3 heterocycles. The molecule has 0 saturated heterocycles. The van der Waals surface area contributed by atoms with Crippen molar-refractivity contribution in [2.24, 2.45) is 5.41 Å². The number of rotatable bonds is 5. The number of fused-ring (bicyclic) bond motifs is 3. The summed E-state index contributed by atoms with van der Waals surface area (Å²) in [6, 6.07) is 46.0. The molecule has 4 heteroatoms. The normalized spacial score (nSPS) is 11.5. The smallest absolute Gasteiger partial charge is 0.120 e.